The first-order valence-electron chi connectivity index (χ1n) is 7.92. The van der Waals surface area contributed by atoms with E-state index >= 15 is 0 Å². The van der Waals surface area contributed by atoms with E-state index in [0.717, 1.165) is 5.01 Å². The smallest absolute Gasteiger partial charge is 0.305 e. The third kappa shape index (κ3) is 5.58. The molecule has 2 aromatic carbocycles. The highest BCUT2D eigenvalue weighted by Gasteiger charge is 2.30. The highest BCUT2D eigenvalue weighted by molar-refractivity contribution is 6.44. The Kier molecular flexibility index (Phi) is 7.34. The summed E-state index contributed by atoms with van der Waals surface area (Å²) in [5.41, 5.74) is 2.19. The van der Waals surface area contributed by atoms with Crippen molar-refractivity contribution >= 4 is 75.6 Å². The molecule has 2 rings (SSSR count). The Morgan fingerprint density at radius 1 is 0.857 bits per heavy atom. The zero-order valence-electron chi connectivity index (χ0n) is 15.0. The molecule has 0 aliphatic heterocycles. The van der Waals surface area contributed by atoms with Crippen LogP contribution in [0.2, 0.25) is 25.1 Å². The molecule has 2 aromatic rings. The lowest BCUT2D eigenvalue weighted by molar-refractivity contribution is 0.0687. The van der Waals surface area contributed by atoms with Gasteiger partial charge in [-0.3, -0.25) is 10.2 Å². The maximum atomic E-state index is 12.8. The first kappa shape index (κ1) is 22.9. The molecule has 2 N–H and O–H groups in total. The molecule has 0 atom stereocenters. The van der Waals surface area contributed by atoms with Crippen molar-refractivity contribution in [2.45, 2.75) is 26.3 Å². The Labute approximate surface area is 187 Å². The van der Waals surface area contributed by atoms with E-state index in [4.69, 9.17) is 58.0 Å². The van der Waals surface area contributed by atoms with Crippen molar-refractivity contribution in [1.82, 2.24) is 10.4 Å². The van der Waals surface area contributed by atoms with E-state index < -0.39 is 17.5 Å². The van der Waals surface area contributed by atoms with E-state index in [9.17, 15) is 9.59 Å². The van der Waals surface area contributed by atoms with Gasteiger partial charge in [0.25, 0.3) is 5.91 Å². The van der Waals surface area contributed by atoms with Gasteiger partial charge in [-0.25, -0.2) is 9.80 Å². The van der Waals surface area contributed by atoms with Gasteiger partial charge in [0.2, 0.25) is 0 Å². The van der Waals surface area contributed by atoms with Gasteiger partial charge < -0.3 is 5.32 Å². The summed E-state index contributed by atoms with van der Waals surface area (Å²) >= 11 is 29.9. The summed E-state index contributed by atoms with van der Waals surface area (Å²) in [4.78, 5) is 25.5. The van der Waals surface area contributed by atoms with E-state index in [1.165, 1.54) is 30.3 Å². The van der Waals surface area contributed by atoms with Crippen molar-refractivity contribution in [2.75, 3.05) is 5.32 Å². The molecule has 0 saturated heterocycles. The van der Waals surface area contributed by atoms with Crippen LogP contribution in [0.25, 0.3) is 0 Å². The van der Waals surface area contributed by atoms with Gasteiger partial charge in [0.05, 0.1) is 36.9 Å². The molecule has 28 heavy (non-hydrogen) atoms. The Morgan fingerprint density at radius 2 is 1.46 bits per heavy atom. The molecular formula is C18H16Cl5N3O2. The monoisotopic (exact) mass is 481 g/mol. The van der Waals surface area contributed by atoms with Crippen molar-refractivity contribution in [3.05, 3.63) is 61.0 Å². The van der Waals surface area contributed by atoms with Gasteiger partial charge in [0.1, 0.15) is 0 Å². The highest BCUT2D eigenvalue weighted by Crippen LogP contribution is 2.32. The summed E-state index contributed by atoms with van der Waals surface area (Å²) in [6.07, 6.45) is 0. The Bertz CT molecular complexity index is 928. The van der Waals surface area contributed by atoms with Crippen LogP contribution in [-0.2, 0) is 0 Å². The highest BCUT2D eigenvalue weighted by atomic mass is 35.5. The summed E-state index contributed by atoms with van der Waals surface area (Å²) in [5.74, 6) is -0.577. The summed E-state index contributed by atoms with van der Waals surface area (Å²) in [6, 6.07) is 6.63. The number of rotatable bonds is 2. The van der Waals surface area contributed by atoms with E-state index in [1.54, 1.807) is 20.8 Å². The summed E-state index contributed by atoms with van der Waals surface area (Å²) in [6.45, 7) is 5.23. The van der Waals surface area contributed by atoms with Crippen LogP contribution >= 0.6 is 58.0 Å². The second-order valence-electron chi connectivity index (χ2n) is 6.75. The maximum Gasteiger partial charge on any atom is 0.341 e. The first-order valence-corrected chi connectivity index (χ1v) is 9.81. The fourth-order valence-electron chi connectivity index (χ4n) is 2.15. The number of amides is 3. The molecule has 0 aliphatic rings. The molecular weight excluding hydrogens is 467 g/mol. The quantitative estimate of drug-likeness (QED) is 0.359. The van der Waals surface area contributed by atoms with Crippen LogP contribution in [0.3, 0.4) is 0 Å². The summed E-state index contributed by atoms with van der Waals surface area (Å²) in [7, 11) is 0. The Balaban J connectivity index is 2.27. The number of carbonyl (C=O) groups excluding carboxylic acids is 2. The van der Waals surface area contributed by atoms with Crippen LogP contribution in [0, 0.1) is 0 Å². The molecule has 10 heteroatoms. The number of anilines is 1. The van der Waals surface area contributed by atoms with Crippen molar-refractivity contribution < 1.29 is 9.59 Å². The molecule has 0 radical (unpaired) electrons. The minimum absolute atomic E-state index is 0.159. The summed E-state index contributed by atoms with van der Waals surface area (Å²) < 4.78 is 0. The van der Waals surface area contributed by atoms with Gasteiger partial charge >= 0.3 is 6.03 Å². The zero-order valence-corrected chi connectivity index (χ0v) is 18.8. The van der Waals surface area contributed by atoms with Crippen molar-refractivity contribution in [2.24, 2.45) is 0 Å². The van der Waals surface area contributed by atoms with Gasteiger partial charge in [-0.2, -0.15) is 0 Å². The fourth-order valence-corrected chi connectivity index (χ4v) is 3.24. The van der Waals surface area contributed by atoms with Crippen LogP contribution in [0.1, 0.15) is 31.1 Å². The molecule has 0 unspecified atom stereocenters. The Morgan fingerprint density at radius 3 is 2.04 bits per heavy atom. The van der Waals surface area contributed by atoms with Crippen LogP contribution < -0.4 is 10.7 Å². The minimum Gasteiger partial charge on any atom is -0.305 e. The zero-order chi connectivity index (χ0) is 21.2. The van der Waals surface area contributed by atoms with Gasteiger partial charge in [0.15, 0.2) is 0 Å². The second-order valence-corrected chi connectivity index (χ2v) is 8.81. The topological polar surface area (TPSA) is 61.4 Å². The standard InChI is InChI=1S/C18H16Cl5N3O2/c1-18(2,3)26(25-16(27)10-5-4-9(19)6-11(10)20)17(28)24-15-8-13(22)12(21)7-14(15)23/h4-8H,1-3H3,(H,24,28)(H,25,27). The summed E-state index contributed by atoms with van der Waals surface area (Å²) in [5, 5.41) is 4.96. The SMILES string of the molecule is CC(C)(C)N(NC(=O)c1ccc(Cl)cc1Cl)C(=O)Nc1cc(Cl)c(Cl)cc1Cl. The lowest BCUT2D eigenvalue weighted by Crippen LogP contribution is -2.57. The molecule has 5 nitrogen and oxygen atoms in total. The average Bonchev–Trinajstić information content (AvgIpc) is 2.56. The third-order valence-corrected chi connectivity index (χ3v) is 5.10. The normalized spacial score (nSPS) is 11.1. The number of nitrogens with one attached hydrogen (secondary N) is 2. The average molecular weight is 484 g/mol. The molecule has 0 bridgehead atoms. The van der Waals surface area contributed by atoms with Crippen LogP contribution in [-0.4, -0.2) is 22.5 Å². The molecule has 3 amide bonds. The number of hydrogen-bond acceptors (Lipinski definition) is 2. The van der Waals surface area contributed by atoms with Crippen molar-refractivity contribution in [3.8, 4) is 0 Å². The van der Waals surface area contributed by atoms with E-state index in [-0.39, 0.29) is 31.3 Å². The number of nitrogens with zero attached hydrogens (tertiary/aromatic N) is 1. The maximum absolute atomic E-state index is 12.8. The molecule has 0 aliphatic carbocycles. The second kappa shape index (κ2) is 8.97. The van der Waals surface area contributed by atoms with Crippen molar-refractivity contribution in [3.63, 3.8) is 0 Å². The van der Waals surface area contributed by atoms with E-state index in [1.807, 2.05) is 0 Å². The molecule has 0 heterocycles. The molecule has 0 fully saturated rings. The number of halogens is 5. The van der Waals surface area contributed by atoms with Crippen LogP contribution in [0.5, 0.6) is 0 Å². The van der Waals surface area contributed by atoms with Gasteiger partial charge in [-0.15, -0.1) is 0 Å². The van der Waals surface area contributed by atoms with Gasteiger partial charge in [-0.1, -0.05) is 58.0 Å². The number of urea groups is 1. The largest absolute Gasteiger partial charge is 0.341 e. The van der Waals surface area contributed by atoms with E-state index in [2.05, 4.69) is 10.7 Å². The first-order chi connectivity index (χ1) is 12.9. The number of hydrazine groups is 1. The minimum atomic E-state index is -0.776. The van der Waals surface area contributed by atoms with Crippen LogP contribution in [0.4, 0.5) is 10.5 Å². The van der Waals surface area contributed by atoms with Crippen molar-refractivity contribution in [1.29, 1.82) is 0 Å². The number of hydrogen-bond donors (Lipinski definition) is 2. The lowest BCUT2D eigenvalue weighted by atomic mass is 10.1. The number of carbonyl (C=O) groups is 2. The predicted octanol–water partition coefficient (Wildman–Crippen LogP) is 6.93. The fraction of sp³-hybridized carbons (Fsp3) is 0.222. The molecule has 0 spiro atoms. The van der Waals surface area contributed by atoms with Crippen LogP contribution in [0.15, 0.2) is 30.3 Å². The molecule has 0 saturated carbocycles. The van der Waals surface area contributed by atoms with E-state index in [0.29, 0.717) is 5.02 Å². The number of benzene rings is 2. The van der Waals surface area contributed by atoms with Gasteiger partial charge in [-0.05, 0) is 51.1 Å². The van der Waals surface area contributed by atoms with Gasteiger partial charge in [0, 0.05) is 5.02 Å². The lowest BCUT2D eigenvalue weighted by Gasteiger charge is -2.35. The molecule has 150 valence electrons. The third-order valence-electron chi connectivity index (χ3n) is 3.51. The predicted molar refractivity (Wildman–Crippen MR) is 116 cm³/mol. The molecule has 0 aromatic heterocycles. The Hall–Kier alpha value is -1.37.